The maximum atomic E-state index is 10.7. The van der Waals surface area contributed by atoms with Crippen LogP contribution < -0.4 is 5.73 Å². The number of nitrogens with two attached hydrogens (primary N) is 1. The summed E-state index contributed by atoms with van der Waals surface area (Å²) in [6.07, 6.45) is 2.35. The number of aromatic nitrogens is 3. The minimum Gasteiger partial charge on any atom is -0.383 e. The topological polar surface area (TPSA) is 73.8 Å². The van der Waals surface area contributed by atoms with Gasteiger partial charge in [0.25, 0.3) is 0 Å². The molecule has 0 amide bonds. The molecule has 2 N–H and O–H groups in total. The molecule has 2 aromatic heterocycles. The molecule has 0 atom stereocenters. The van der Waals surface area contributed by atoms with Gasteiger partial charge in [-0.1, -0.05) is 30.2 Å². The fourth-order valence-electron chi connectivity index (χ4n) is 2.11. The van der Waals surface area contributed by atoms with Gasteiger partial charge in [-0.05, 0) is 5.92 Å². The summed E-state index contributed by atoms with van der Waals surface area (Å²) in [7, 11) is 1.75. The number of carbonyl (C=O) groups is 1. The molecule has 0 bridgehead atoms. The molecular formula is C16H12N4O. The molecule has 0 saturated heterocycles. The van der Waals surface area contributed by atoms with Crippen molar-refractivity contribution in [1.82, 2.24) is 14.8 Å². The molecule has 5 heteroatoms. The van der Waals surface area contributed by atoms with Crippen LogP contribution in [0.4, 0.5) is 5.82 Å². The van der Waals surface area contributed by atoms with Gasteiger partial charge in [-0.2, -0.15) is 5.10 Å². The van der Waals surface area contributed by atoms with E-state index in [-0.39, 0.29) is 0 Å². The van der Waals surface area contributed by atoms with Crippen LogP contribution in [0.5, 0.6) is 0 Å². The number of nitrogen functional groups attached to an aromatic ring is 1. The third kappa shape index (κ3) is 2.35. The van der Waals surface area contributed by atoms with Crippen LogP contribution in [0.25, 0.3) is 10.8 Å². The summed E-state index contributed by atoms with van der Waals surface area (Å²) in [6.45, 7) is 0. The molecule has 1 aromatic carbocycles. The van der Waals surface area contributed by atoms with Crippen LogP contribution in [0.3, 0.4) is 0 Å². The summed E-state index contributed by atoms with van der Waals surface area (Å²) in [5.74, 6) is 6.56. The van der Waals surface area contributed by atoms with Crippen molar-refractivity contribution < 1.29 is 4.79 Å². The van der Waals surface area contributed by atoms with Gasteiger partial charge < -0.3 is 5.73 Å². The van der Waals surface area contributed by atoms with E-state index in [0.29, 0.717) is 23.5 Å². The number of aldehydes is 1. The molecule has 0 fully saturated rings. The minimum atomic E-state index is 0.363. The van der Waals surface area contributed by atoms with Crippen LogP contribution >= 0.6 is 0 Å². The molecule has 0 aliphatic heterocycles. The van der Waals surface area contributed by atoms with Gasteiger partial charge in [0.15, 0.2) is 6.29 Å². The van der Waals surface area contributed by atoms with E-state index in [1.54, 1.807) is 24.0 Å². The molecule has 3 rings (SSSR count). The number of anilines is 1. The summed E-state index contributed by atoms with van der Waals surface area (Å²) in [5, 5.41) is 5.86. The van der Waals surface area contributed by atoms with Crippen molar-refractivity contribution in [3.8, 4) is 11.8 Å². The third-order valence-electron chi connectivity index (χ3n) is 3.17. The van der Waals surface area contributed by atoms with Crippen molar-refractivity contribution in [2.75, 3.05) is 5.73 Å². The second kappa shape index (κ2) is 5.10. The van der Waals surface area contributed by atoms with Gasteiger partial charge in [-0.3, -0.25) is 9.48 Å². The second-order valence-corrected chi connectivity index (χ2v) is 4.55. The van der Waals surface area contributed by atoms with E-state index in [0.717, 1.165) is 16.3 Å². The quantitative estimate of drug-likeness (QED) is 0.543. The van der Waals surface area contributed by atoms with Crippen molar-refractivity contribution in [1.29, 1.82) is 0 Å². The lowest BCUT2D eigenvalue weighted by Gasteiger charge is -2.02. The molecule has 0 saturated carbocycles. The van der Waals surface area contributed by atoms with Gasteiger partial charge >= 0.3 is 0 Å². The number of hydrogen-bond donors (Lipinski definition) is 1. The number of carbonyl (C=O) groups excluding carboxylic acids is 1. The van der Waals surface area contributed by atoms with Crippen molar-refractivity contribution in [3.05, 3.63) is 53.5 Å². The number of pyridine rings is 1. The summed E-state index contributed by atoms with van der Waals surface area (Å²) in [4.78, 5) is 14.9. The molecule has 3 aromatic rings. The van der Waals surface area contributed by atoms with Crippen molar-refractivity contribution >= 4 is 22.9 Å². The first-order chi connectivity index (χ1) is 10.2. The summed E-state index contributed by atoms with van der Waals surface area (Å²) >= 11 is 0. The number of aryl methyl sites for hydroxylation is 1. The second-order valence-electron chi connectivity index (χ2n) is 4.55. The van der Waals surface area contributed by atoms with Gasteiger partial charge in [0.05, 0.1) is 5.56 Å². The monoisotopic (exact) mass is 276 g/mol. The maximum Gasteiger partial charge on any atom is 0.170 e. The normalized spacial score (nSPS) is 10.1. The molecule has 0 spiro atoms. The average molecular weight is 276 g/mol. The van der Waals surface area contributed by atoms with Gasteiger partial charge in [-0.15, -0.1) is 0 Å². The fraction of sp³-hybridized carbons (Fsp3) is 0.0625. The molecule has 0 unspecified atom stereocenters. The van der Waals surface area contributed by atoms with E-state index in [9.17, 15) is 4.79 Å². The molecule has 21 heavy (non-hydrogen) atoms. The Morgan fingerprint density at radius 1 is 1.24 bits per heavy atom. The Morgan fingerprint density at radius 3 is 2.71 bits per heavy atom. The molecule has 0 radical (unpaired) electrons. The largest absolute Gasteiger partial charge is 0.383 e. The van der Waals surface area contributed by atoms with Gasteiger partial charge in [-0.25, -0.2) is 4.98 Å². The first-order valence-electron chi connectivity index (χ1n) is 6.33. The lowest BCUT2D eigenvalue weighted by atomic mass is 10.1. The molecule has 5 nitrogen and oxygen atoms in total. The van der Waals surface area contributed by atoms with Crippen molar-refractivity contribution in [3.63, 3.8) is 0 Å². The molecule has 0 aliphatic carbocycles. The predicted octanol–water partition coefficient (Wildman–Crippen LogP) is 1.76. The molecule has 2 heterocycles. The zero-order chi connectivity index (χ0) is 14.8. The lowest BCUT2D eigenvalue weighted by Crippen LogP contribution is -1.95. The molecule has 102 valence electrons. The Kier molecular flexibility index (Phi) is 3.13. The van der Waals surface area contributed by atoms with E-state index in [1.165, 1.54) is 0 Å². The SMILES string of the molecule is Cn1nc(C=O)cc1C#Cc1cnc(N)c2ccccc12. The number of hydrogen-bond acceptors (Lipinski definition) is 4. The first kappa shape index (κ1) is 12.9. The third-order valence-corrected chi connectivity index (χ3v) is 3.17. The Morgan fingerprint density at radius 2 is 2.00 bits per heavy atom. The number of fused-ring (bicyclic) bond motifs is 1. The molecular weight excluding hydrogens is 264 g/mol. The zero-order valence-corrected chi connectivity index (χ0v) is 11.4. The van der Waals surface area contributed by atoms with Crippen LogP contribution in [-0.4, -0.2) is 21.1 Å². The van der Waals surface area contributed by atoms with Crippen molar-refractivity contribution in [2.45, 2.75) is 0 Å². The van der Waals surface area contributed by atoms with Crippen LogP contribution in [0.1, 0.15) is 21.7 Å². The van der Waals surface area contributed by atoms with Crippen LogP contribution in [0.15, 0.2) is 36.5 Å². The fourth-order valence-corrected chi connectivity index (χ4v) is 2.11. The Hall–Kier alpha value is -3.13. The minimum absolute atomic E-state index is 0.363. The number of rotatable bonds is 1. The average Bonchev–Trinajstić information content (AvgIpc) is 2.87. The Labute approximate surface area is 121 Å². The van der Waals surface area contributed by atoms with E-state index < -0.39 is 0 Å². The maximum absolute atomic E-state index is 10.7. The van der Waals surface area contributed by atoms with E-state index in [2.05, 4.69) is 21.9 Å². The smallest absolute Gasteiger partial charge is 0.170 e. The Balaban J connectivity index is 2.11. The summed E-state index contributed by atoms with van der Waals surface area (Å²) < 4.78 is 1.57. The van der Waals surface area contributed by atoms with Crippen LogP contribution in [0.2, 0.25) is 0 Å². The lowest BCUT2D eigenvalue weighted by molar-refractivity contribution is 0.111. The highest BCUT2D eigenvalue weighted by Gasteiger charge is 2.04. The van der Waals surface area contributed by atoms with E-state index in [4.69, 9.17) is 5.73 Å². The summed E-state index contributed by atoms with van der Waals surface area (Å²) in [5.41, 5.74) is 7.68. The van der Waals surface area contributed by atoms with E-state index in [1.807, 2.05) is 24.3 Å². The first-order valence-corrected chi connectivity index (χ1v) is 6.33. The molecule has 0 aliphatic rings. The van der Waals surface area contributed by atoms with Crippen LogP contribution in [0, 0.1) is 11.8 Å². The number of benzene rings is 1. The standard InChI is InChI=1S/C16H12N4O/c1-20-13(8-12(10-21)19-20)7-6-11-9-18-16(17)15-5-3-2-4-14(11)15/h2-5,8-10H,1H3,(H2,17,18). The predicted molar refractivity (Wildman–Crippen MR) is 80.7 cm³/mol. The van der Waals surface area contributed by atoms with Crippen LogP contribution in [-0.2, 0) is 7.05 Å². The highest BCUT2D eigenvalue weighted by atomic mass is 16.1. The number of nitrogens with zero attached hydrogens (tertiary/aromatic N) is 3. The van der Waals surface area contributed by atoms with E-state index >= 15 is 0 Å². The Bertz CT molecular complexity index is 900. The highest BCUT2D eigenvalue weighted by molar-refractivity contribution is 5.94. The van der Waals surface area contributed by atoms with Gasteiger partial charge in [0.2, 0.25) is 0 Å². The zero-order valence-electron chi connectivity index (χ0n) is 11.4. The summed E-state index contributed by atoms with van der Waals surface area (Å²) in [6, 6.07) is 9.36. The van der Waals surface area contributed by atoms with Crippen molar-refractivity contribution in [2.24, 2.45) is 7.05 Å². The van der Waals surface area contributed by atoms with Gasteiger partial charge in [0.1, 0.15) is 17.2 Å². The van der Waals surface area contributed by atoms with Gasteiger partial charge in [0, 0.05) is 30.1 Å². The highest BCUT2D eigenvalue weighted by Crippen LogP contribution is 2.21.